The summed E-state index contributed by atoms with van der Waals surface area (Å²) in [5.74, 6) is -0.200. The van der Waals surface area contributed by atoms with E-state index >= 15 is 0 Å². The maximum Gasteiger partial charge on any atom is 0.410 e. The number of fused-ring (bicyclic) bond motifs is 1. The van der Waals surface area contributed by atoms with Crippen LogP contribution >= 0.6 is 0 Å². The van der Waals surface area contributed by atoms with Crippen LogP contribution in [0.3, 0.4) is 0 Å². The van der Waals surface area contributed by atoms with Gasteiger partial charge in [0.25, 0.3) is 0 Å². The number of hydrogen-bond acceptors (Lipinski definition) is 5. The maximum atomic E-state index is 12.6. The fourth-order valence-electron chi connectivity index (χ4n) is 3.92. The second-order valence-corrected chi connectivity index (χ2v) is 8.16. The van der Waals surface area contributed by atoms with Gasteiger partial charge in [-0.3, -0.25) is 0 Å². The minimum atomic E-state index is -0.587. The largest absolute Gasteiger partial charge is 0.445 e. The lowest BCUT2D eigenvalue weighted by Gasteiger charge is -2.30. The molecule has 1 unspecified atom stereocenters. The van der Waals surface area contributed by atoms with Gasteiger partial charge in [0, 0.05) is 25.6 Å². The van der Waals surface area contributed by atoms with Crippen molar-refractivity contribution >= 4 is 12.2 Å². The van der Waals surface area contributed by atoms with E-state index in [4.69, 9.17) is 9.47 Å². The molecule has 2 fully saturated rings. The fraction of sp³-hybridized carbons (Fsp3) is 0.600. The van der Waals surface area contributed by atoms with Crippen molar-refractivity contribution in [1.29, 1.82) is 0 Å². The third kappa shape index (κ3) is 4.35. The summed E-state index contributed by atoms with van der Waals surface area (Å²) in [6.45, 7) is 6.45. The van der Waals surface area contributed by atoms with Gasteiger partial charge >= 0.3 is 12.2 Å². The van der Waals surface area contributed by atoms with Crippen molar-refractivity contribution in [3.63, 3.8) is 0 Å². The van der Waals surface area contributed by atoms with Gasteiger partial charge < -0.3 is 24.4 Å². The van der Waals surface area contributed by atoms with Crippen molar-refractivity contribution in [3.05, 3.63) is 35.9 Å². The summed E-state index contributed by atoms with van der Waals surface area (Å²) in [5.41, 5.74) is 0.332. The van der Waals surface area contributed by atoms with Crippen molar-refractivity contribution in [2.75, 3.05) is 19.7 Å². The van der Waals surface area contributed by atoms with Crippen LogP contribution in [0, 0.1) is 5.92 Å². The molecule has 0 saturated carbocycles. The predicted octanol–water partition coefficient (Wildman–Crippen LogP) is 2.63. The smallest absolute Gasteiger partial charge is 0.410 e. The zero-order valence-electron chi connectivity index (χ0n) is 16.1. The number of rotatable bonds is 3. The highest BCUT2D eigenvalue weighted by atomic mass is 16.6. The third-order valence-corrected chi connectivity index (χ3v) is 5.04. The van der Waals surface area contributed by atoms with Gasteiger partial charge in [0.1, 0.15) is 12.2 Å². The van der Waals surface area contributed by atoms with Crippen molar-refractivity contribution in [1.82, 2.24) is 9.80 Å². The van der Waals surface area contributed by atoms with Crippen LogP contribution in [0.4, 0.5) is 9.59 Å². The SMILES string of the molecule is CC(C)(C)OC(=O)N1CCC2[C@H]1[C@@H](CO)CN2C(=O)OCc1ccccc1. The fourth-order valence-corrected chi connectivity index (χ4v) is 3.92. The Balaban J connectivity index is 1.66. The molecular weight excluding hydrogens is 348 g/mol. The predicted molar refractivity (Wildman–Crippen MR) is 99.0 cm³/mol. The molecule has 0 radical (unpaired) electrons. The van der Waals surface area contributed by atoms with Crippen LogP contribution in [0.1, 0.15) is 32.8 Å². The monoisotopic (exact) mass is 376 g/mol. The standard InChI is InChI=1S/C20H28N2O5/c1-20(2,3)27-19(25)21-10-9-16-17(21)15(12-23)11-22(16)18(24)26-13-14-7-5-4-6-8-14/h4-8,15-17,23H,9-13H2,1-3H3/t15-,16?,17-/m1/s1. The number of benzene rings is 1. The van der Waals surface area contributed by atoms with Crippen LogP contribution in [0.2, 0.25) is 0 Å². The lowest BCUT2D eigenvalue weighted by Crippen LogP contribution is -2.45. The number of nitrogens with zero attached hydrogens (tertiary/aromatic N) is 2. The molecule has 0 spiro atoms. The zero-order chi connectivity index (χ0) is 19.6. The Hall–Kier alpha value is -2.28. The molecule has 0 bridgehead atoms. The number of amides is 2. The molecule has 27 heavy (non-hydrogen) atoms. The van der Waals surface area contributed by atoms with E-state index in [1.165, 1.54) is 0 Å². The van der Waals surface area contributed by atoms with Gasteiger partial charge in [-0.15, -0.1) is 0 Å². The molecule has 2 heterocycles. The first-order valence-electron chi connectivity index (χ1n) is 9.38. The van der Waals surface area contributed by atoms with Crippen molar-refractivity contribution in [3.8, 4) is 0 Å². The van der Waals surface area contributed by atoms with E-state index in [0.717, 1.165) is 5.56 Å². The minimum Gasteiger partial charge on any atom is -0.445 e. The Morgan fingerprint density at radius 2 is 1.85 bits per heavy atom. The number of hydrogen-bond donors (Lipinski definition) is 1. The van der Waals surface area contributed by atoms with Gasteiger partial charge in [0.15, 0.2) is 0 Å². The summed E-state index contributed by atoms with van der Waals surface area (Å²) >= 11 is 0. The number of aliphatic hydroxyl groups excluding tert-OH is 1. The molecule has 0 aromatic heterocycles. The Morgan fingerprint density at radius 1 is 1.15 bits per heavy atom. The molecule has 3 rings (SSSR count). The molecule has 2 amide bonds. The number of carbonyl (C=O) groups excluding carboxylic acids is 2. The van der Waals surface area contributed by atoms with E-state index in [2.05, 4.69) is 0 Å². The first-order chi connectivity index (χ1) is 12.8. The Morgan fingerprint density at radius 3 is 2.48 bits per heavy atom. The summed E-state index contributed by atoms with van der Waals surface area (Å²) in [7, 11) is 0. The van der Waals surface area contributed by atoms with Gasteiger partial charge in [-0.25, -0.2) is 9.59 Å². The normalized spacial score (nSPS) is 24.7. The highest BCUT2D eigenvalue weighted by molar-refractivity contribution is 5.72. The van der Waals surface area contributed by atoms with E-state index in [-0.39, 0.29) is 31.2 Å². The molecule has 7 nitrogen and oxygen atoms in total. The number of ether oxygens (including phenoxy) is 2. The zero-order valence-corrected chi connectivity index (χ0v) is 16.1. The molecule has 3 atom stereocenters. The highest BCUT2D eigenvalue weighted by Crippen LogP contribution is 2.36. The quantitative estimate of drug-likeness (QED) is 0.877. The summed E-state index contributed by atoms with van der Waals surface area (Å²) < 4.78 is 11.0. The second-order valence-electron chi connectivity index (χ2n) is 8.16. The molecule has 1 N–H and O–H groups in total. The van der Waals surface area contributed by atoms with Gasteiger partial charge in [0.2, 0.25) is 0 Å². The summed E-state index contributed by atoms with van der Waals surface area (Å²) in [6.07, 6.45) is -0.148. The minimum absolute atomic E-state index is 0.0943. The van der Waals surface area contributed by atoms with Crippen molar-refractivity contribution in [2.45, 2.75) is 51.5 Å². The molecule has 7 heteroatoms. The summed E-state index contributed by atoms with van der Waals surface area (Å²) in [4.78, 5) is 28.5. The summed E-state index contributed by atoms with van der Waals surface area (Å²) in [6, 6.07) is 9.10. The molecule has 1 aromatic carbocycles. The van der Waals surface area contributed by atoms with E-state index < -0.39 is 17.8 Å². The molecule has 148 valence electrons. The van der Waals surface area contributed by atoms with Gasteiger partial charge in [-0.05, 0) is 32.8 Å². The van der Waals surface area contributed by atoms with Crippen LogP contribution in [-0.4, -0.2) is 64.5 Å². The van der Waals surface area contributed by atoms with Gasteiger partial charge in [0.05, 0.1) is 12.1 Å². The van der Waals surface area contributed by atoms with E-state index in [1.54, 1.807) is 9.80 Å². The topological polar surface area (TPSA) is 79.3 Å². The summed E-state index contributed by atoms with van der Waals surface area (Å²) in [5, 5.41) is 9.80. The van der Waals surface area contributed by atoms with Crippen LogP contribution in [0.25, 0.3) is 0 Å². The van der Waals surface area contributed by atoms with Crippen molar-refractivity contribution < 1.29 is 24.2 Å². The molecule has 2 saturated heterocycles. The van der Waals surface area contributed by atoms with E-state index in [9.17, 15) is 14.7 Å². The molecule has 2 aliphatic rings. The lowest BCUT2D eigenvalue weighted by molar-refractivity contribution is 0.0167. The van der Waals surface area contributed by atoms with Crippen LogP contribution in [-0.2, 0) is 16.1 Å². The molecule has 2 aliphatic heterocycles. The van der Waals surface area contributed by atoms with Gasteiger partial charge in [-0.1, -0.05) is 30.3 Å². The Kier molecular flexibility index (Phi) is 5.60. The maximum absolute atomic E-state index is 12.6. The number of carbonyl (C=O) groups is 2. The lowest BCUT2D eigenvalue weighted by atomic mass is 10.0. The van der Waals surface area contributed by atoms with Gasteiger partial charge in [-0.2, -0.15) is 0 Å². The number of likely N-dealkylation sites (tertiary alicyclic amines) is 2. The van der Waals surface area contributed by atoms with E-state index in [1.807, 2.05) is 51.1 Å². The third-order valence-electron chi connectivity index (χ3n) is 5.04. The second kappa shape index (κ2) is 7.76. The first kappa shape index (κ1) is 19.5. The van der Waals surface area contributed by atoms with Crippen LogP contribution < -0.4 is 0 Å². The van der Waals surface area contributed by atoms with Crippen LogP contribution in [0.15, 0.2) is 30.3 Å². The van der Waals surface area contributed by atoms with Crippen LogP contribution in [0.5, 0.6) is 0 Å². The molecule has 0 aliphatic carbocycles. The molecule has 1 aromatic rings. The average molecular weight is 376 g/mol. The first-order valence-corrected chi connectivity index (χ1v) is 9.38. The Labute approximate surface area is 159 Å². The van der Waals surface area contributed by atoms with Crippen molar-refractivity contribution in [2.24, 2.45) is 5.92 Å². The molecular formula is C20H28N2O5. The van der Waals surface area contributed by atoms with E-state index in [0.29, 0.717) is 19.5 Å². The number of aliphatic hydroxyl groups is 1. The Bertz CT molecular complexity index is 673. The average Bonchev–Trinajstić information content (AvgIpc) is 3.19. The highest BCUT2D eigenvalue weighted by Gasteiger charge is 2.52.